The Kier molecular flexibility index (Phi) is 3.16. The number of aliphatic hydroxyl groups is 1. The zero-order valence-electron chi connectivity index (χ0n) is 8.64. The first-order chi connectivity index (χ1) is 5.56. The molecule has 0 aromatic rings. The van der Waals surface area contributed by atoms with E-state index < -0.39 is 5.60 Å². The van der Waals surface area contributed by atoms with Gasteiger partial charge in [-0.25, -0.2) is 0 Å². The van der Waals surface area contributed by atoms with Gasteiger partial charge in [-0.15, -0.1) is 0 Å². The summed E-state index contributed by atoms with van der Waals surface area (Å²) in [5.74, 6) is 1.26. The summed E-state index contributed by atoms with van der Waals surface area (Å²) in [6.07, 6.45) is 6.15. The molecular formula is C11H22O. The number of rotatable bonds is 4. The zero-order chi connectivity index (χ0) is 9.19. The Morgan fingerprint density at radius 2 is 2.08 bits per heavy atom. The van der Waals surface area contributed by atoms with Crippen molar-refractivity contribution < 1.29 is 5.11 Å². The first kappa shape index (κ1) is 10.0. The van der Waals surface area contributed by atoms with Crippen molar-refractivity contribution in [3.8, 4) is 0 Å². The number of hydrogen-bond acceptors (Lipinski definition) is 1. The Hall–Kier alpha value is -0.0400. The van der Waals surface area contributed by atoms with E-state index in [4.69, 9.17) is 0 Å². The first-order valence-corrected chi connectivity index (χ1v) is 5.28. The molecule has 0 aromatic carbocycles. The lowest BCUT2D eigenvalue weighted by atomic mass is 9.73. The summed E-state index contributed by atoms with van der Waals surface area (Å²) in [4.78, 5) is 0. The summed E-state index contributed by atoms with van der Waals surface area (Å²) in [7, 11) is 0. The van der Waals surface area contributed by atoms with Crippen LogP contribution in [0.15, 0.2) is 0 Å². The van der Waals surface area contributed by atoms with Crippen LogP contribution in [0.25, 0.3) is 0 Å². The van der Waals surface area contributed by atoms with Crippen LogP contribution in [-0.4, -0.2) is 10.7 Å². The normalized spacial score (nSPS) is 26.0. The molecule has 72 valence electrons. The maximum atomic E-state index is 10.1. The molecule has 2 atom stereocenters. The Morgan fingerprint density at radius 1 is 1.50 bits per heavy atom. The van der Waals surface area contributed by atoms with Crippen molar-refractivity contribution >= 4 is 0 Å². The second-order valence-electron chi connectivity index (χ2n) is 4.67. The van der Waals surface area contributed by atoms with Crippen LogP contribution in [0.5, 0.6) is 0 Å². The fraction of sp³-hybridized carbons (Fsp3) is 1.00. The summed E-state index contributed by atoms with van der Waals surface area (Å²) in [5, 5.41) is 10.1. The van der Waals surface area contributed by atoms with Crippen LogP contribution >= 0.6 is 0 Å². The SMILES string of the molecule is CCC(C)C(C)(O)CC1CCC1. The third-order valence-corrected chi connectivity index (χ3v) is 3.60. The minimum atomic E-state index is -0.417. The molecule has 1 saturated carbocycles. The standard InChI is InChI=1S/C11H22O/c1-4-9(2)11(3,12)8-10-6-5-7-10/h9-10,12H,4-8H2,1-3H3. The Morgan fingerprint density at radius 3 is 2.42 bits per heavy atom. The highest BCUT2D eigenvalue weighted by Crippen LogP contribution is 2.36. The Bertz CT molecular complexity index is 136. The molecule has 12 heavy (non-hydrogen) atoms. The quantitative estimate of drug-likeness (QED) is 0.687. The molecule has 0 heterocycles. The van der Waals surface area contributed by atoms with E-state index in [2.05, 4.69) is 13.8 Å². The topological polar surface area (TPSA) is 20.2 Å². The van der Waals surface area contributed by atoms with Gasteiger partial charge >= 0.3 is 0 Å². The predicted molar refractivity (Wildman–Crippen MR) is 52.0 cm³/mol. The third kappa shape index (κ3) is 2.22. The van der Waals surface area contributed by atoms with Crippen molar-refractivity contribution in [1.82, 2.24) is 0 Å². The van der Waals surface area contributed by atoms with Gasteiger partial charge in [0.1, 0.15) is 0 Å². The highest BCUT2D eigenvalue weighted by Gasteiger charge is 2.32. The van der Waals surface area contributed by atoms with Crippen LogP contribution in [-0.2, 0) is 0 Å². The van der Waals surface area contributed by atoms with Gasteiger partial charge in [-0.05, 0) is 25.2 Å². The fourth-order valence-corrected chi connectivity index (χ4v) is 1.92. The highest BCUT2D eigenvalue weighted by molar-refractivity contribution is 4.84. The van der Waals surface area contributed by atoms with E-state index in [1.54, 1.807) is 0 Å². The molecule has 1 aliphatic rings. The lowest BCUT2D eigenvalue weighted by Gasteiger charge is -2.36. The average molecular weight is 170 g/mol. The van der Waals surface area contributed by atoms with Gasteiger partial charge in [-0.3, -0.25) is 0 Å². The van der Waals surface area contributed by atoms with E-state index >= 15 is 0 Å². The molecule has 1 fully saturated rings. The molecule has 0 aliphatic heterocycles. The Balaban J connectivity index is 2.35. The average Bonchev–Trinajstić information content (AvgIpc) is 1.95. The molecule has 1 heteroatoms. The van der Waals surface area contributed by atoms with Crippen molar-refractivity contribution in [3.05, 3.63) is 0 Å². The van der Waals surface area contributed by atoms with E-state index in [0.717, 1.165) is 18.8 Å². The number of hydrogen-bond donors (Lipinski definition) is 1. The van der Waals surface area contributed by atoms with Crippen LogP contribution in [0.4, 0.5) is 0 Å². The van der Waals surface area contributed by atoms with Crippen molar-refractivity contribution in [2.24, 2.45) is 11.8 Å². The maximum absolute atomic E-state index is 10.1. The van der Waals surface area contributed by atoms with E-state index in [-0.39, 0.29) is 0 Å². The lowest BCUT2D eigenvalue weighted by Crippen LogP contribution is -2.36. The maximum Gasteiger partial charge on any atom is 0.0647 e. The molecule has 1 aliphatic carbocycles. The van der Waals surface area contributed by atoms with Crippen molar-refractivity contribution in [3.63, 3.8) is 0 Å². The minimum Gasteiger partial charge on any atom is -0.390 e. The molecule has 0 spiro atoms. The predicted octanol–water partition coefficient (Wildman–Crippen LogP) is 2.97. The van der Waals surface area contributed by atoms with E-state index in [1.807, 2.05) is 6.92 Å². The van der Waals surface area contributed by atoms with Gasteiger partial charge < -0.3 is 5.11 Å². The smallest absolute Gasteiger partial charge is 0.0647 e. The van der Waals surface area contributed by atoms with Crippen LogP contribution in [0.1, 0.15) is 52.9 Å². The molecule has 0 bridgehead atoms. The largest absolute Gasteiger partial charge is 0.390 e. The summed E-state index contributed by atoms with van der Waals surface area (Å²) in [6.45, 7) is 6.30. The van der Waals surface area contributed by atoms with Crippen molar-refractivity contribution in [2.45, 2.75) is 58.5 Å². The second-order valence-corrected chi connectivity index (χ2v) is 4.67. The third-order valence-electron chi connectivity index (χ3n) is 3.60. The van der Waals surface area contributed by atoms with Crippen molar-refractivity contribution in [2.75, 3.05) is 0 Å². The van der Waals surface area contributed by atoms with Crippen LogP contribution in [0.2, 0.25) is 0 Å². The molecule has 2 unspecified atom stereocenters. The highest BCUT2D eigenvalue weighted by atomic mass is 16.3. The molecule has 1 N–H and O–H groups in total. The molecule has 0 amide bonds. The van der Waals surface area contributed by atoms with Gasteiger partial charge in [0.15, 0.2) is 0 Å². The summed E-state index contributed by atoms with van der Waals surface area (Å²) in [5.41, 5.74) is -0.417. The fourth-order valence-electron chi connectivity index (χ4n) is 1.92. The molecule has 0 aromatic heterocycles. The summed E-state index contributed by atoms with van der Waals surface area (Å²) in [6, 6.07) is 0. The van der Waals surface area contributed by atoms with Gasteiger partial charge in [0.05, 0.1) is 5.60 Å². The second kappa shape index (κ2) is 3.78. The van der Waals surface area contributed by atoms with Gasteiger partial charge in [-0.1, -0.05) is 39.5 Å². The van der Waals surface area contributed by atoms with Gasteiger partial charge in [0, 0.05) is 0 Å². The van der Waals surface area contributed by atoms with Gasteiger partial charge in [0.2, 0.25) is 0 Å². The Labute approximate surface area is 76.2 Å². The van der Waals surface area contributed by atoms with E-state index in [9.17, 15) is 5.11 Å². The zero-order valence-corrected chi connectivity index (χ0v) is 8.64. The summed E-state index contributed by atoms with van der Waals surface area (Å²) >= 11 is 0. The van der Waals surface area contributed by atoms with Crippen LogP contribution in [0, 0.1) is 11.8 Å². The monoisotopic (exact) mass is 170 g/mol. The van der Waals surface area contributed by atoms with Crippen molar-refractivity contribution in [1.29, 1.82) is 0 Å². The first-order valence-electron chi connectivity index (χ1n) is 5.28. The molecule has 0 radical (unpaired) electrons. The molecule has 1 nitrogen and oxygen atoms in total. The van der Waals surface area contributed by atoms with Gasteiger partial charge in [0.25, 0.3) is 0 Å². The lowest BCUT2D eigenvalue weighted by molar-refractivity contribution is -0.0270. The molecule has 1 rings (SSSR count). The minimum absolute atomic E-state index is 0.417. The van der Waals surface area contributed by atoms with E-state index in [0.29, 0.717) is 5.92 Å². The molecule has 0 saturated heterocycles. The van der Waals surface area contributed by atoms with Crippen LogP contribution in [0.3, 0.4) is 0 Å². The summed E-state index contributed by atoms with van der Waals surface area (Å²) < 4.78 is 0. The van der Waals surface area contributed by atoms with E-state index in [1.165, 1.54) is 19.3 Å². The van der Waals surface area contributed by atoms with Gasteiger partial charge in [-0.2, -0.15) is 0 Å². The molecular weight excluding hydrogens is 148 g/mol. The van der Waals surface area contributed by atoms with Crippen LogP contribution < -0.4 is 0 Å².